The van der Waals surface area contributed by atoms with Crippen LogP contribution in [-0.2, 0) is 5.72 Å². The largest absolute Gasteiger partial charge is 1.00 e. The molecule has 4 rings (SSSR count). The topological polar surface area (TPSA) is 78.8 Å². The number of amidine groups is 1. The highest BCUT2D eigenvalue weighted by Crippen LogP contribution is 2.38. The van der Waals surface area contributed by atoms with E-state index < -0.39 is 10.6 Å². The standard InChI is InChI=1S/C21H24N3O4.BrH/c1-28-19-12-10-17(11-13-19)23-20-5-3-2-4-14-22(20)15-21(23,25)16-6-8-18(9-7-16)24(26)27;/h6-13,25H,2-5,14-15H2,1H3;1H/q+1;/p-1. The molecule has 2 aromatic rings. The van der Waals surface area contributed by atoms with Gasteiger partial charge in [-0.1, -0.05) is 0 Å². The maximum absolute atomic E-state index is 11.8. The molecule has 7 nitrogen and oxygen atoms in total. The smallest absolute Gasteiger partial charge is 0.275 e. The second kappa shape index (κ2) is 8.51. The third-order valence-electron chi connectivity index (χ3n) is 5.60. The first-order valence-electron chi connectivity index (χ1n) is 9.55. The number of halogens is 1. The summed E-state index contributed by atoms with van der Waals surface area (Å²) in [7, 11) is 1.62. The number of nitro benzene ring substituents is 1. The number of nitro groups is 1. The Morgan fingerprint density at radius 1 is 1.10 bits per heavy atom. The molecule has 2 heterocycles. The number of aliphatic hydroxyl groups is 1. The molecule has 0 radical (unpaired) electrons. The highest BCUT2D eigenvalue weighted by Gasteiger charge is 2.54. The number of hydrogen-bond donors (Lipinski definition) is 1. The lowest BCUT2D eigenvalue weighted by atomic mass is 9.99. The molecule has 2 aromatic carbocycles. The van der Waals surface area contributed by atoms with E-state index >= 15 is 0 Å². The van der Waals surface area contributed by atoms with Gasteiger partial charge in [0, 0.05) is 24.1 Å². The normalized spacial score (nSPS) is 21.2. The van der Waals surface area contributed by atoms with Crippen molar-refractivity contribution < 1.29 is 36.3 Å². The van der Waals surface area contributed by atoms with Gasteiger partial charge in [0.15, 0.2) is 6.54 Å². The van der Waals surface area contributed by atoms with Gasteiger partial charge in [-0.3, -0.25) is 14.7 Å². The zero-order valence-corrected chi connectivity index (χ0v) is 17.8. The van der Waals surface area contributed by atoms with Crippen LogP contribution in [-0.4, -0.2) is 40.6 Å². The zero-order valence-electron chi connectivity index (χ0n) is 16.3. The van der Waals surface area contributed by atoms with Gasteiger partial charge in [0.25, 0.3) is 17.2 Å². The molecule has 0 aliphatic carbocycles. The van der Waals surface area contributed by atoms with Crippen LogP contribution in [0.2, 0.25) is 0 Å². The van der Waals surface area contributed by atoms with E-state index in [1.807, 2.05) is 29.2 Å². The number of hydrogen-bond acceptors (Lipinski definition) is 5. The molecule has 1 atom stereocenters. The van der Waals surface area contributed by atoms with Crippen molar-refractivity contribution in [3.05, 3.63) is 64.2 Å². The monoisotopic (exact) mass is 461 g/mol. The molecule has 29 heavy (non-hydrogen) atoms. The number of benzene rings is 2. The number of nitrogens with zero attached hydrogens (tertiary/aromatic N) is 3. The van der Waals surface area contributed by atoms with Crippen molar-refractivity contribution in [2.24, 2.45) is 0 Å². The van der Waals surface area contributed by atoms with Gasteiger partial charge in [0.1, 0.15) is 11.4 Å². The summed E-state index contributed by atoms with van der Waals surface area (Å²) < 4.78 is 7.52. The van der Waals surface area contributed by atoms with Gasteiger partial charge in [-0.05, 0) is 55.7 Å². The van der Waals surface area contributed by atoms with E-state index in [1.54, 1.807) is 19.2 Å². The number of anilines is 1. The second-order valence-electron chi connectivity index (χ2n) is 7.30. The van der Waals surface area contributed by atoms with Gasteiger partial charge in [0.05, 0.1) is 18.6 Å². The molecule has 0 saturated heterocycles. The Kier molecular flexibility index (Phi) is 6.24. The van der Waals surface area contributed by atoms with Gasteiger partial charge >= 0.3 is 0 Å². The maximum atomic E-state index is 11.8. The molecular formula is C21H24BrN3O4. The van der Waals surface area contributed by atoms with Gasteiger partial charge in [-0.2, -0.15) is 4.90 Å². The van der Waals surface area contributed by atoms with E-state index in [9.17, 15) is 15.2 Å². The summed E-state index contributed by atoms with van der Waals surface area (Å²) in [4.78, 5) is 12.6. The van der Waals surface area contributed by atoms with Gasteiger partial charge in [0.2, 0.25) is 0 Å². The summed E-state index contributed by atoms with van der Waals surface area (Å²) >= 11 is 0. The minimum absolute atomic E-state index is 0. The first-order valence-corrected chi connectivity index (χ1v) is 9.55. The molecule has 1 unspecified atom stereocenters. The lowest BCUT2D eigenvalue weighted by Gasteiger charge is -2.29. The van der Waals surface area contributed by atoms with Crippen molar-refractivity contribution in [2.75, 3.05) is 25.1 Å². The van der Waals surface area contributed by atoms with Crippen molar-refractivity contribution in [1.29, 1.82) is 0 Å². The average molecular weight is 462 g/mol. The Hall–Kier alpha value is -2.45. The van der Waals surface area contributed by atoms with Crippen molar-refractivity contribution in [3.8, 4) is 5.75 Å². The van der Waals surface area contributed by atoms with Crippen LogP contribution in [0.4, 0.5) is 11.4 Å². The molecule has 1 N–H and O–H groups in total. The van der Waals surface area contributed by atoms with Crippen LogP contribution in [0.5, 0.6) is 5.75 Å². The van der Waals surface area contributed by atoms with Crippen LogP contribution < -0.4 is 26.6 Å². The highest BCUT2D eigenvalue weighted by atomic mass is 79.9. The Morgan fingerprint density at radius 2 is 1.79 bits per heavy atom. The molecule has 154 valence electrons. The fourth-order valence-electron chi connectivity index (χ4n) is 4.19. The van der Waals surface area contributed by atoms with Crippen LogP contribution in [0.25, 0.3) is 0 Å². The second-order valence-corrected chi connectivity index (χ2v) is 7.30. The maximum Gasteiger partial charge on any atom is 0.275 e. The molecule has 0 amide bonds. The van der Waals surface area contributed by atoms with Crippen molar-refractivity contribution in [1.82, 2.24) is 0 Å². The number of methoxy groups -OCH3 is 1. The van der Waals surface area contributed by atoms with E-state index in [2.05, 4.69) is 4.58 Å². The van der Waals surface area contributed by atoms with Gasteiger partial charge < -0.3 is 26.8 Å². The molecular weight excluding hydrogens is 438 g/mol. The van der Waals surface area contributed by atoms with Gasteiger partial charge in [-0.25, -0.2) is 0 Å². The predicted molar refractivity (Wildman–Crippen MR) is 106 cm³/mol. The van der Waals surface area contributed by atoms with Crippen molar-refractivity contribution in [3.63, 3.8) is 0 Å². The molecule has 0 saturated carbocycles. The third-order valence-corrected chi connectivity index (χ3v) is 5.60. The molecule has 2 aliphatic rings. The minimum Gasteiger partial charge on any atom is -1.00 e. The van der Waals surface area contributed by atoms with E-state index in [0.717, 1.165) is 43.1 Å². The van der Waals surface area contributed by atoms with Crippen LogP contribution in [0.3, 0.4) is 0 Å². The minimum atomic E-state index is -1.28. The quantitative estimate of drug-likeness (QED) is 0.401. The van der Waals surface area contributed by atoms with Crippen molar-refractivity contribution >= 4 is 17.2 Å². The Morgan fingerprint density at radius 3 is 2.41 bits per heavy atom. The molecule has 0 aromatic heterocycles. The lowest BCUT2D eigenvalue weighted by molar-refractivity contribution is -0.534. The Bertz CT molecular complexity index is 915. The molecule has 2 aliphatic heterocycles. The number of rotatable bonds is 4. The third kappa shape index (κ3) is 3.86. The molecule has 8 heteroatoms. The summed E-state index contributed by atoms with van der Waals surface area (Å²) in [5.41, 5.74) is 0.259. The summed E-state index contributed by atoms with van der Waals surface area (Å²) in [6.45, 7) is 1.34. The first-order chi connectivity index (χ1) is 13.5. The average Bonchev–Trinajstić information content (AvgIpc) is 2.84. The van der Waals surface area contributed by atoms with Gasteiger partial charge in [-0.15, -0.1) is 0 Å². The zero-order chi connectivity index (χ0) is 19.7. The number of ether oxygens (including phenoxy) is 1. The van der Waals surface area contributed by atoms with E-state index in [-0.39, 0.29) is 22.7 Å². The van der Waals surface area contributed by atoms with Crippen LogP contribution in [0.1, 0.15) is 31.2 Å². The van der Waals surface area contributed by atoms with E-state index in [0.29, 0.717) is 12.1 Å². The molecule has 0 spiro atoms. The summed E-state index contributed by atoms with van der Waals surface area (Å²) in [5.74, 6) is 1.85. The fraction of sp³-hybridized carbons (Fsp3) is 0.381. The van der Waals surface area contributed by atoms with E-state index in [1.165, 1.54) is 18.6 Å². The Balaban J connectivity index is 0.00000240. The first kappa shape index (κ1) is 21.3. The van der Waals surface area contributed by atoms with Crippen LogP contribution >= 0.6 is 0 Å². The lowest BCUT2D eigenvalue weighted by Crippen LogP contribution is -3.00. The highest BCUT2D eigenvalue weighted by molar-refractivity contribution is 5.97. The predicted octanol–water partition coefficient (Wildman–Crippen LogP) is 0.258. The fourth-order valence-corrected chi connectivity index (χ4v) is 4.19. The number of non-ortho nitro benzene ring substituents is 1. The SMILES string of the molecule is COc1ccc(N2C3=[N+](CCCCC3)CC2(O)c2ccc([N+](=O)[O-])cc2)cc1.[Br-]. The van der Waals surface area contributed by atoms with Crippen LogP contribution in [0, 0.1) is 10.1 Å². The summed E-state index contributed by atoms with van der Waals surface area (Å²) in [5, 5.41) is 22.8. The van der Waals surface area contributed by atoms with Crippen molar-refractivity contribution in [2.45, 2.75) is 31.4 Å². The van der Waals surface area contributed by atoms with E-state index in [4.69, 9.17) is 4.74 Å². The molecule has 0 fully saturated rings. The molecule has 0 bridgehead atoms. The summed E-state index contributed by atoms with van der Waals surface area (Å²) in [6.07, 6.45) is 4.23. The van der Waals surface area contributed by atoms with Crippen LogP contribution in [0.15, 0.2) is 48.5 Å². The Labute approximate surface area is 180 Å². The summed E-state index contributed by atoms with van der Waals surface area (Å²) in [6, 6.07) is 13.9.